The lowest BCUT2D eigenvalue weighted by Crippen LogP contribution is -2.16. The molecule has 0 radical (unpaired) electrons. The van der Waals surface area contributed by atoms with Crippen LogP contribution in [0.4, 0.5) is 0 Å². The van der Waals surface area contributed by atoms with Crippen LogP contribution < -0.4 is 18.9 Å². The number of fused-ring (bicyclic) bond motifs is 1. The molecule has 0 spiro atoms. The van der Waals surface area contributed by atoms with Crippen molar-refractivity contribution < 1.29 is 18.9 Å². The Labute approximate surface area is 207 Å². The molecule has 4 nitrogen and oxygen atoms in total. The van der Waals surface area contributed by atoms with E-state index in [0.29, 0.717) is 19.8 Å². The molecule has 0 amide bonds. The first-order chi connectivity index (χ1) is 17.3. The van der Waals surface area contributed by atoms with Crippen LogP contribution in [0.25, 0.3) is 0 Å². The summed E-state index contributed by atoms with van der Waals surface area (Å²) in [5, 5.41) is 0. The molecule has 5 rings (SSSR count). The van der Waals surface area contributed by atoms with Crippen molar-refractivity contribution in [2.24, 2.45) is 0 Å². The van der Waals surface area contributed by atoms with Gasteiger partial charge in [0.05, 0.1) is 6.61 Å². The minimum atomic E-state index is -0.0865. The van der Waals surface area contributed by atoms with E-state index in [-0.39, 0.29) is 6.10 Å². The van der Waals surface area contributed by atoms with Gasteiger partial charge in [0.15, 0.2) is 0 Å². The first-order valence-electron chi connectivity index (χ1n) is 12.2. The van der Waals surface area contributed by atoms with Gasteiger partial charge in [0.2, 0.25) is 0 Å². The van der Waals surface area contributed by atoms with Gasteiger partial charge in [-0.1, -0.05) is 66.7 Å². The standard InChI is InChI=1S/C31H30O4/c1-2-32-31-20-27(34-22-24-11-7-4-8-12-24)16-17-28(31)29-18-14-25-13-15-26(19-30(25)35-29)33-21-23-9-5-3-6-10-23/h3-13,15-17,19-20,29H,2,14,18,21-22H2,1H3. The van der Waals surface area contributed by atoms with Crippen molar-refractivity contribution in [2.45, 2.75) is 39.1 Å². The van der Waals surface area contributed by atoms with Crippen LogP contribution in [-0.2, 0) is 19.6 Å². The molecular formula is C31H30O4. The van der Waals surface area contributed by atoms with E-state index in [0.717, 1.165) is 52.5 Å². The monoisotopic (exact) mass is 466 g/mol. The van der Waals surface area contributed by atoms with Gasteiger partial charge in [-0.25, -0.2) is 0 Å². The molecule has 35 heavy (non-hydrogen) atoms. The third kappa shape index (κ3) is 5.78. The van der Waals surface area contributed by atoms with E-state index < -0.39 is 0 Å². The Bertz CT molecular complexity index is 1240. The lowest BCUT2D eigenvalue weighted by molar-refractivity contribution is 0.169. The maximum absolute atomic E-state index is 6.47. The molecule has 178 valence electrons. The Morgan fingerprint density at radius 3 is 2.00 bits per heavy atom. The van der Waals surface area contributed by atoms with E-state index in [2.05, 4.69) is 36.4 Å². The van der Waals surface area contributed by atoms with Crippen LogP contribution in [-0.4, -0.2) is 6.61 Å². The van der Waals surface area contributed by atoms with Crippen molar-refractivity contribution in [3.8, 4) is 23.0 Å². The minimum Gasteiger partial charge on any atom is -0.493 e. The lowest BCUT2D eigenvalue weighted by Gasteiger charge is -2.28. The van der Waals surface area contributed by atoms with Gasteiger partial charge < -0.3 is 18.9 Å². The third-order valence-corrected chi connectivity index (χ3v) is 6.11. The maximum Gasteiger partial charge on any atom is 0.129 e. The normalized spacial score (nSPS) is 14.5. The van der Waals surface area contributed by atoms with Crippen LogP contribution in [0, 0.1) is 0 Å². The summed E-state index contributed by atoms with van der Waals surface area (Å²) in [6, 6.07) is 32.5. The molecule has 0 saturated carbocycles. The summed E-state index contributed by atoms with van der Waals surface area (Å²) in [5.41, 5.74) is 4.52. The molecule has 1 aliphatic rings. The molecule has 1 heterocycles. The quantitative estimate of drug-likeness (QED) is 0.259. The second kappa shape index (κ2) is 11.0. The predicted molar refractivity (Wildman–Crippen MR) is 137 cm³/mol. The number of rotatable bonds is 9. The van der Waals surface area contributed by atoms with E-state index in [9.17, 15) is 0 Å². The van der Waals surface area contributed by atoms with E-state index in [1.807, 2.05) is 67.6 Å². The fourth-order valence-corrected chi connectivity index (χ4v) is 4.29. The zero-order chi connectivity index (χ0) is 23.9. The molecule has 4 heteroatoms. The summed E-state index contributed by atoms with van der Waals surface area (Å²) >= 11 is 0. The highest BCUT2D eigenvalue weighted by Gasteiger charge is 2.25. The molecule has 1 unspecified atom stereocenters. The summed E-state index contributed by atoms with van der Waals surface area (Å²) in [5.74, 6) is 3.28. The van der Waals surface area contributed by atoms with Gasteiger partial charge in [-0.3, -0.25) is 0 Å². The predicted octanol–water partition coefficient (Wildman–Crippen LogP) is 7.31. The topological polar surface area (TPSA) is 36.9 Å². The number of hydrogen-bond acceptors (Lipinski definition) is 4. The van der Waals surface area contributed by atoms with Crippen molar-refractivity contribution in [3.05, 3.63) is 119 Å². The van der Waals surface area contributed by atoms with Crippen molar-refractivity contribution in [3.63, 3.8) is 0 Å². The maximum atomic E-state index is 6.47. The summed E-state index contributed by atoms with van der Waals surface area (Å²) in [6.07, 6.45) is 1.75. The minimum absolute atomic E-state index is 0.0865. The van der Waals surface area contributed by atoms with E-state index >= 15 is 0 Å². The van der Waals surface area contributed by atoms with Crippen LogP contribution in [0.2, 0.25) is 0 Å². The summed E-state index contributed by atoms with van der Waals surface area (Å²) in [6.45, 7) is 3.62. The van der Waals surface area contributed by atoms with Crippen molar-refractivity contribution in [2.75, 3.05) is 6.61 Å². The van der Waals surface area contributed by atoms with Crippen molar-refractivity contribution in [1.82, 2.24) is 0 Å². The second-order valence-corrected chi connectivity index (χ2v) is 8.60. The Kier molecular flexibility index (Phi) is 7.18. The van der Waals surface area contributed by atoms with Crippen LogP contribution in [0.3, 0.4) is 0 Å². The zero-order valence-corrected chi connectivity index (χ0v) is 20.0. The van der Waals surface area contributed by atoms with Gasteiger partial charge in [-0.2, -0.15) is 0 Å². The highest BCUT2D eigenvalue weighted by atomic mass is 16.5. The highest BCUT2D eigenvalue weighted by molar-refractivity contribution is 5.46. The molecule has 0 aliphatic carbocycles. The molecule has 1 atom stereocenters. The molecule has 1 aliphatic heterocycles. The Morgan fingerprint density at radius 2 is 1.34 bits per heavy atom. The fourth-order valence-electron chi connectivity index (χ4n) is 4.29. The van der Waals surface area contributed by atoms with Crippen molar-refractivity contribution >= 4 is 0 Å². The molecule has 0 bridgehead atoms. The van der Waals surface area contributed by atoms with E-state index in [4.69, 9.17) is 18.9 Å². The van der Waals surface area contributed by atoms with Gasteiger partial charge in [0.1, 0.15) is 42.3 Å². The number of aryl methyl sites for hydroxylation is 1. The zero-order valence-electron chi connectivity index (χ0n) is 20.0. The summed E-state index contributed by atoms with van der Waals surface area (Å²) < 4.78 is 24.5. The highest BCUT2D eigenvalue weighted by Crippen LogP contribution is 2.41. The Hall–Kier alpha value is -3.92. The van der Waals surface area contributed by atoms with Gasteiger partial charge in [-0.15, -0.1) is 0 Å². The summed E-state index contributed by atoms with van der Waals surface area (Å²) in [7, 11) is 0. The Balaban J connectivity index is 1.29. The fraction of sp³-hybridized carbons (Fsp3) is 0.226. The molecule has 0 saturated heterocycles. The first-order valence-corrected chi connectivity index (χ1v) is 12.2. The average Bonchev–Trinajstić information content (AvgIpc) is 2.92. The van der Waals surface area contributed by atoms with E-state index in [1.54, 1.807) is 0 Å². The molecule has 4 aromatic carbocycles. The van der Waals surface area contributed by atoms with Gasteiger partial charge >= 0.3 is 0 Å². The number of hydrogen-bond donors (Lipinski definition) is 0. The second-order valence-electron chi connectivity index (χ2n) is 8.60. The van der Waals surface area contributed by atoms with E-state index in [1.165, 1.54) is 5.56 Å². The largest absolute Gasteiger partial charge is 0.493 e. The average molecular weight is 467 g/mol. The molecule has 0 aromatic heterocycles. The van der Waals surface area contributed by atoms with Gasteiger partial charge in [0.25, 0.3) is 0 Å². The molecule has 0 fully saturated rings. The van der Waals surface area contributed by atoms with Crippen LogP contribution in [0.15, 0.2) is 97.1 Å². The SMILES string of the molecule is CCOc1cc(OCc2ccccc2)ccc1C1CCc2ccc(OCc3ccccc3)cc2O1. The molecular weight excluding hydrogens is 436 g/mol. The van der Waals surface area contributed by atoms with Crippen LogP contribution >= 0.6 is 0 Å². The third-order valence-electron chi connectivity index (χ3n) is 6.11. The van der Waals surface area contributed by atoms with Gasteiger partial charge in [-0.05, 0) is 54.7 Å². The smallest absolute Gasteiger partial charge is 0.129 e. The van der Waals surface area contributed by atoms with Crippen molar-refractivity contribution in [1.29, 1.82) is 0 Å². The first kappa shape index (κ1) is 22.9. The molecule has 0 N–H and O–H groups in total. The number of benzene rings is 4. The van der Waals surface area contributed by atoms with Crippen LogP contribution in [0.1, 0.15) is 41.7 Å². The van der Waals surface area contributed by atoms with Crippen LogP contribution in [0.5, 0.6) is 23.0 Å². The Morgan fingerprint density at radius 1 is 0.714 bits per heavy atom. The number of ether oxygens (including phenoxy) is 4. The lowest BCUT2D eigenvalue weighted by atomic mass is 9.96. The summed E-state index contributed by atoms with van der Waals surface area (Å²) in [4.78, 5) is 0. The molecule has 4 aromatic rings. The van der Waals surface area contributed by atoms with Gasteiger partial charge in [0, 0.05) is 17.7 Å².